The summed E-state index contributed by atoms with van der Waals surface area (Å²) < 4.78 is 14.0. The number of benzene rings is 1. The van der Waals surface area contributed by atoms with Crippen LogP contribution in [0.1, 0.15) is 57.1 Å². The van der Waals surface area contributed by atoms with Gasteiger partial charge in [0.05, 0.1) is 0 Å². The maximum absolute atomic E-state index is 14.0. The Bertz CT molecular complexity index is 429. The number of hydrogen-bond donors (Lipinski definition) is 1. The van der Waals surface area contributed by atoms with Crippen LogP contribution in [-0.4, -0.2) is 24.5 Å². The van der Waals surface area contributed by atoms with Crippen LogP contribution in [0.25, 0.3) is 0 Å². The molecule has 0 bridgehead atoms. The standard InChI is InChI=1S/C18H29FN2/c1-14(17-10-6-7-11-18(17)19)21(2)16(13-20)12-15-8-4-3-5-9-15/h6-7,10-11,14-16H,3-5,8-9,12-13,20H2,1-2H3. The Labute approximate surface area is 128 Å². The molecule has 1 aromatic rings. The highest BCUT2D eigenvalue weighted by molar-refractivity contribution is 5.20. The van der Waals surface area contributed by atoms with Gasteiger partial charge in [0.15, 0.2) is 0 Å². The highest BCUT2D eigenvalue weighted by atomic mass is 19.1. The third-order valence-electron chi connectivity index (χ3n) is 5.14. The molecular weight excluding hydrogens is 263 g/mol. The summed E-state index contributed by atoms with van der Waals surface area (Å²) in [7, 11) is 2.08. The first-order chi connectivity index (χ1) is 10.1. The molecule has 1 fully saturated rings. The number of nitrogens with two attached hydrogens (primary N) is 1. The monoisotopic (exact) mass is 292 g/mol. The van der Waals surface area contributed by atoms with Crippen molar-refractivity contribution < 1.29 is 4.39 Å². The normalized spacial score (nSPS) is 19.7. The van der Waals surface area contributed by atoms with E-state index in [2.05, 4.69) is 18.9 Å². The van der Waals surface area contributed by atoms with E-state index < -0.39 is 0 Å². The molecule has 3 heteroatoms. The van der Waals surface area contributed by atoms with Gasteiger partial charge in [-0.15, -0.1) is 0 Å². The molecule has 0 aromatic heterocycles. The van der Waals surface area contributed by atoms with Gasteiger partial charge in [-0.2, -0.15) is 0 Å². The molecule has 0 heterocycles. The molecule has 2 atom stereocenters. The molecule has 1 aromatic carbocycles. The van der Waals surface area contributed by atoms with E-state index in [1.165, 1.54) is 38.2 Å². The molecule has 2 unspecified atom stereocenters. The maximum atomic E-state index is 14.0. The average molecular weight is 292 g/mol. The third-order valence-corrected chi connectivity index (χ3v) is 5.14. The van der Waals surface area contributed by atoms with Gasteiger partial charge < -0.3 is 5.73 Å². The van der Waals surface area contributed by atoms with E-state index in [4.69, 9.17) is 5.73 Å². The highest BCUT2D eigenvalue weighted by Gasteiger charge is 2.25. The van der Waals surface area contributed by atoms with E-state index in [0.717, 1.165) is 17.9 Å². The van der Waals surface area contributed by atoms with Crippen molar-refractivity contribution in [1.82, 2.24) is 4.90 Å². The van der Waals surface area contributed by atoms with Gasteiger partial charge in [-0.3, -0.25) is 4.90 Å². The Morgan fingerprint density at radius 1 is 1.24 bits per heavy atom. The topological polar surface area (TPSA) is 29.3 Å². The number of likely N-dealkylation sites (N-methyl/N-ethyl adjacent to an activating group) is 1. The van der Waals surface area contributed by atoms with E-state index in [-0.39, 0.29) is 11.9 Å². The fraction of sp³-hybridized carbons (Fsp3) is 0.667. The summed E-state index contributed by atoms with van der Waals surface area (Å²) in [5, 5.41) is 0. The molecule has 2 N–H and O–H groups in total. The van der Waals surface area contributed by atoms with Crippen LogP contribution in [0.4, 0.5) is 4.39 Å². The van der Waals surface area contributed by atoms with Gasteiger partial charge >= 0.3 is 0 Å². The van der Waals surface area contributed by atoms with E-state index in [9.17, 15) is 4.39 Å². The Hall–Kier alpha value is -0.930. The quantitative estimate of drug-likeness (QED) is 0.854. The van der Waals surface area contributed by atoms with E-state index in [1.807, 2.05) is 12.1 Å². The van der Waals surface area contributed by atoms with Gasteiger partial charge in [-0.05, 0) is 32.4 Å². The van der Waals surface area contributed by atoms with E-state index >= 15 is 0 Å². The molecule has 1 saturated carbocycles. The molecule has 118 valence electrons. The van der Waals surface area contributed by atoms with Crippen molar-refractivity contribution in [3.8, 4) is 0 Å². The Kier molecular flexibility index (Phi) is 6.19. The van der Waals surface area contributed by atoms with Gasteiger partial charge in [0.25, 0.3) is 0 Å². The lowest BCUT2D eigenvalue weighted by Gasteiger charge is -2.36. The predicted molar refractivity (Wildman–Crippen MR) is 86.6 cm³/mol. The number of halogens is 1. The molecule has 0 aliphatic heterocycles. The van der Waals surface area contributed by atoms with Crippen molar-refractivity contribution in [2.24, 2.45) is 11.7 Å². The number of hydrogen-bond acceptors (Lipinski definition) is 2. The fourth-order valence-electron chi connectivity index (χ4n) is 3.59. The molecule has 0 spiro atoms. The Balaban J connectivity index is 2.01. The van der Waals surface area contributed by atoms with E-state index in [0.29, 0.717) is 12.6 Å². The zero-order valence-electron chi connectivity index (χ0n) is 13.4. The lowest BCUT2D eigenvalue weighted by molar-refractivity contribution is 0.149. The molecule has 0 amide bonds. The average Bonchev–Trinajstić information content (AvgIpc) is 2.53. The summed E-state index contributed by atoms with van der Waals surface area (Å²) in [6.07, 6.45) is 7.90. The van der Waals surface area contributed by atoms with Crippen molar-refractivity contribution in [3.05, 3.63) is 35.6 Å². The molecule has 0 radical (unpaired) electrons. The summed E-state index contributed by atoms with van der Waals surface area (Å²) in [4.78, 5) is 2.26. The molecule has 2 rings (SSSR count). The second-order valence-corrected chi connectivity index (χ2v) is 6.49. The Morgan fingerprint density at radius 2 is 1.90 bits per heavy atom. The summed E-state index contributed by atoms with van der Waals surface area (Å²) in [5.74, 6) is 0.674. The number of nitrogens with zero attached hydrogens (tertiary/aromatic N) is 1. The van der Waals surface area contributed by atoms with Crippen LogP contribution in [0.15, 0.2) is 24.3 Å². The van der Waals surface area contributed by atoms with Crippen LogP contribution < -0.4 is 5.73 Å². The van der Waals surface area contributed by atoms with Crippen LogP contribution in [0.2, 0.25) is 0 Å². The third kappa shape index (κ3) is 4.27. The minimum Gasteiger partial charge on any atom is -0.329 e. The van der Waals surface area contributed by atoms with E-state index in [1.54, 1.807) is 6.07 Å². The second-order valence-electron chi connectivity index (χ2n) is 6.49. The van der Waals surface area contributed by atoms with Crippen LogP contribution in [0, 0.1) is 11.7 Å². The predicted octanol–water partition coefficient (Wildman–Crippen LogP) is 4.12. The first-order valence-electron chi connectivity index (χ1n) is 8.30. The van der Waals surface area contributed by atoms with Crippen LogP contribution >= 0.6 is 0 Å². The molecule has 1 aliphatic rings. The fourth-order valence-corrected chi connectivity index (χ4v) is 3.59. The van der Waals surface area contributed by atoms with Crippen LogP contribution in [0.3, 0.4) is 0 Å². The summed E-state index contributed by atoms with van der Waals surface area (Å²) in [6.45, 7) is 2.72. The van der Waals surface area contributed by atoms with Crippen LogP contribution in [0.5, 0.6) is 0 Å². The van der Waals surface area contributed by atoms with Gasteiger partial charge in [0.2, 0.25) is 0 Å². The molecule has 2 nitrogen and oxygen atoms in total. The van der Waals surface area contributed by atoms with Gasteiger partial charge in [0.1, 0.15) is 5.82 Å². The zero-order valence-corrected chi connectivity index (χ0v) is 13.4. The lowest BCUT2D eigenvalue weighted by Crippen LogP contribution is -2.41. The molecule has 0 saturated heterocycles. The highest BCUT2D eigenvalue weighted by Crippen LogP contribution is 2.31. The number of rotatable bonds is 6. The van der Waals surface area contributed by atoms with Gasteiger partial charge in [0, 0.05) is 24.2 Å². The van der Waals surface area contributed by atoms with Crippen molar-refractivity contribution in [2.75, 3.05) is 13.6 Å². The minimum absolute atomic E-state index is 0.0586. The van der Waals surface area contributed by atoms with Crippen molar-refractivity contribution in [2.45, 2.75) is 57.5 Å². The Morgan fingerprint density at radius 3 is 2.52 bits per heavy atom. The van der Waals surface area contributed by atoms with Crippen molar-refractivity contribution in [1.29, 1.82) is 0 Å². The first kappa shape index (κ1) is 16.4. The molecule has 1 aliphatic carbocycles. The SMILES string of the molecule is CC(c1ccccc1F)N(C)C(CN)CC1CCCCC1. The summed E-state index contributed by atoms with van der Waals surface area (Å²) >= 11 is 0. The summed E-state index contributed by atoms with van der Waals surface area (Å²) in [5.41, 5.74) is 6.78. The van der Waals surface area contributed by atoms with Crippen molar-refractivity contribution in [3.63, 3.8) is 0 Å². The minimum atomic E-state index is -0.120. The zero-order chi connectivity index (χ0) is 15.2. The smallest absolute Gasteiger partial charge is 0.127 e. The molecular formula is C18H29FN2. The van der Waals surface area contributed by atoms with Gasteiger partial charge in [-0.25, -0.2) is 4.39 Å². The van der Waals surface area contributed by atoms with Crippen molar-refractivity contribution >= 4 is 0 Å². The second kappa shape index (κ2) is 7.90. The van der Waals surface area contributed by atoms with Crippen LogP contribution in [-0.2, 0) is 0 Å². The first-order valence-corrected chi connectivity index (χ1v) is 8.30. The van der Waals surface area contributed by atoms with Gasteiger partial charge in [-0.1, -0.05) is 50.3 Å². The maximum Gasteiger partial charge on any atom is 0.127 e. The summed E-state index contributed by atoms with van der Waals surface area (Å²) in [6, 6.07) is 7.46. The molecule has 21 heavy (non-hydrogen) atoms. The lowest BCUT2D eigenvalue weighted by atomic mass is 9.84. The largest absolute Gasteiger partial charge is 0.329 e.